The van der Waals surface area contributed by atoms with Gasteiger partial charge in [0.05, 0.1) is 16.4 Å². The number of hydrogen-bond acceptors (Lipinski definition) is 3. The largest absolute Gasteiger partial charge is 0.317 e. The topological polar surface area (TPSA) is 33.1 Å². The fourth-order valence-corrected chi connectivity index (χ4v) is 3.14. The van der Waals surface area contributed by atoms with Gasteiger partial charge in [0, 0.05) is 19.6 Å². The van der Waals surface area contributed by atoms with E-state index >= 15 is 0 Å². The molecular formula is C13H24BrClN4. The quantitative estimate of drug-likeness (QED) is 0.905. The summed E-state index contributed by atoms with van der Waals surface area (Å²) in [4.78, 5) is 2.58. The van der Waals surface area contributed by atoms with E-state index in [0.717, 1.165) is 24.1 Å². The van der Waals surface area contributed by atoms with Crippen LogP contribution in [0.3, 0.4) is 0 Å². The SMILES string of the molecule is CCN(Cc1c(Br)cnn1C)C1CCCNCC1.Cl. The molecule has 6 heteroatoms. The molecule has 0 spiro atoms. The average Bonchev–Trinajstić information content (AvgIpc) is 2.62. The fourth-order valence-electron chi connectivity index (χ4n) is 2.67. The molecule has 1 aromatic heterocycles. The Kier molecular flexibility index (Phi) is 7.36. The maximum absolute atomic E-state index is 4.30. The molecule has 4 nitrogen and oxygen atoms in total. The highest BCUT2D eigenvalue weighted by molar-refractivity contribution is 9.10. The summed E-state index contributed by atoms with van der Waals surface area (Å²) in [6, 6.07) is 0.701. The molecule has 1 saturated heterocycles. The molecular weight excluding hydrogens is 328 g/mol. The molecule has 0 bridgehead atoms. The number of nitrogens with one attached hydrogen (secondary N) is 1. The predicted molar refractivity (Wildman–Crippen MR) is 84.7 cm³/mol. The van der Waals surface area contributed by atoms with Crippen molar-refractivity contribution >= 4 is 28.3 Å². The first-order valence-corrected chi connectivity index (χ1v) is 7.62. The molecule has 1 atom stereocenters. The number of hydrogen-bond donors (Lipinski definition) is 1. The Bertz CT molecular complexity index is 355. The first-order chi connectivity index (χ1) is 8.72. The zero-order chi connectivity index (χ0) is 13.0. The molecule has 0 radical (unpaired) electrons. The van der Waals surface area contributed by atoms with Crippen LogP contribution in [0.25, 0.3) is 0 Å². The highest BCUT2D eigenvalue weighted by Gasteiger charge is 2.20. The fraction of sp³-hybridized carbons (Fsp3) is 0.769. The van der Waals surface area contributed by atoms with Crippen LogP contribution in [0.1, 0.15) is 31.9 Å². The second kappa shape index (κ2) is 8.25. The van der Waals surface area contributed by atoms with E-state index < -0.39 is 0 Å². The zero-order valence-corrected chi connectivity index (χ0v) is 14.1. The minimum atomic E-state index is 0. The minimum Gasteiger partial charge on any atom is -0.317 e. The van der Waals surface area contributed by atoms with E-state index in [4.69, 9.17) is 0 Å². The molecule has 1 N–H and O–H groups in total. The van der Waals surface area contributed by atoms with Crippen molar-refractivity contribution in [3.63, 3.8) is 0 Å². The van der Waals surface area contributed by atoms with Gasteiger partial charge in [-0.15, -0.1) is 12.4 Å². The van der Waals surface area contributed by atoms with Crippen LogP contribution in [-0.4, -0.2) is 40.4 Å². The van der Waals surface area contributed by atoms with Crippen molar-refractivity contribution in [2.75, 3.05) is 19.6 Å². The molecule has 0 aromatic carbocycles. The smallest absolute Gasteiger partial charge is 0.0663 e. The van der Waals surface area contributed by atoms with E-state index in [-0.39, 0.29) is 12.4 Å². The summed E-state index contributed by atoms with van der Waals surface area (Å²) < 4.78 is 3.09. The van der Waals surface area contributed by atoms with Gasteiger partial charge in [-0.05, 0) is 54.8 Å². The molecule has 1 aliphatic heterocycles. The van der Waals surface area contributed by atoms with Gasteiger partial charge in [-0.2, -0.15) is 5.10 Å². The molecule has 1 fully saturated rings. The van der Waals surface area contributed by atoms with E-state index in [9.17, 15) is 0 Å². The summed E-state index contributed by atoms with van der Waals surface area (Å²) in [5.41, 5.74) is 1.27. The predicted octanol–water partition coefficient (Wildman–Crippen LogP) is 2.57. The van der Waals surface area contributed by atoms with Gasteiger partial charge in [0.2, 0.25) is 0 Å². The molecule has 1 aliphatic rings. The molecule has 2 heterocycles. The van der Waals surface area contributed by atoms with E-state index in [1.165, 1.54) is 31.5 Å². The number of aromatic nitrogens is 2. The van der Waals surface area contributed by atoms with Crippen LogP contribution in [0.5, 0.6) is 0 Å². The lowest BCUT2D eigenvalue weighted by atomic mass is 10.1. The van der Waals surface area contributed by atoms with Gasteiger partial charge in [-0.1, -0.05) is 6.92 Å². The molecule has 0 amide bonds. The monoisotopic (exact) mass is 350 g/mol. The summed E-state index contributed by atoms with van der Waals surface area (Å²) in [6.45, 7) is 6.65. The van der Waals surface area contributed by atoms with E-state index in [1.807, 2.05) is 17.9 Å². The third-order valence-electron chi connectivity index (χ3n) is 3.83. The summed E-state index contributed by atoms with van der Waals surface area (Å²) in [6.07, 6.45) is 5.73. The van der Waals surface area contributed by atoms with Crippen molar-refractivity contribution < 1.29 is 0 Å². The third-order valence-corrected chi connectivity index (χ3v) is 4.49. The van der Waals surface area contributed by atoms with Gasteiger partial charge in [0.15, 0.2) is 0 Å². The lowest BCUT2D eigenvalue weighted by Gasteiger charge is -2.29. The minimum absolute atomic E-state index is 0. The molecule has 19 heavy (non-hydrogen) atoms. The van der Waals surface area contributed by atoms with Crippen molar-refractivity contribution in [2.45, 2.75) is 38.8 Å². The van der Waals surface area contributed by atoms with Crippen molar-refractivity contribution in [2.24, 2.45) is 7.05 Å². The van der Waals surface area contributed by atoms with Crippen LogP contribution >= 0.6 is 28.3 Å². The van der Waals surface area contributed by atoms with Crippen LogP contribution in [0.15, 0.2) is 10.7 Å². The van der Waals surface area contributed by atoms with Crippen LogP contribution in [-0.2, 0) is 13.6 Å². The molecule has 0 saturated carbocycles. The first-order valence-electron chi connectivity index (χ1n) is 6.83. The van der Waals surface area contributed by atoms with E-state index in [1.54, 1.807) is 0 Å². The van der Waals surface area contributed by atoms with Crippen LogP contribution < -0.4 is 5.32 Å². The summed E-state index contributed by atoms with van der Waals surface area (Å²) in [5, 5.41) is 7.78. The van der Waals surface area contributed by atoms with Gasteiger partial charge in [-0.3, -0.25) is 9.58 Å². The van der Waals surface area contributed by atoms with Gasteiger partial charge in [0.25, 0.3) is 0 Å². The molecule has 110 valence electrons. The summed E-state index contributed by atoms with van der Waals surface area (Å²) >= 11 is 3.59. The maximum atomic E-state index is 4.30. The Hall–Kier alpha value is -0.100. The van der Waals surface area contributed by atoms with E-state index in [0.29, 0.717) is 6.04 Å². The van der Waals surface area contributed by atoms with Crippen molar-refractivity contribution in [3.05, 3.63) is 16.4 Å². The standard InChI is InChI=1S/C13H23BrN4.ClH/c1-3-18(11-5-4-7-15-8-6-11)10-13-12(14)9-16-17(13)2;/h9,11,15H,3-8,10H2,1-2H3;1H. The lowest BCUT2D eigenvalue weighted by molar-refractivity contribution is 0.178. The highest BCUT2D eigenvalue weighted by atomic mass is 79.9. The average molecular weight is 352 g/mol. The third kappa shape index (κ3) is 4.45. The van der Waals surface area contributed by atoms with Gasteiger partial charge in [0.1, 0.15) is 0 Å². The molecule has 2 rings (SSSR count). The lowest BCUT2D eigenvalue weighted by Crippen LogP contribution is -2.36. The molecule has 1 unspecified atom stereocenters. The van der Waals surface area contributed by atoms with Crippen molar-refractivity contribution in [1.82, 2.24) is 20.0 Å². The number of nitrogens with zero attached hydrogens (tertiary/aromatic N) is 3. The summed E-state index contributed by atoms with van der Waals surface area (Å²) in [5.74, 6) is 0. The van der Waals surface area contributed by atoms with Crippen LogP contribution in [0.2, 0.25) is 0 Å². The normalized spacial score (nSPS) is 20.1. The Morgan fingerprint density at radius 2 is 2.26 bits per heavy atom. The first kappa shape index (κ1) is 17.0. The number of aryl methyl sites for hydroxylation is 1. The Morgan fingerprint density at radius 1 is 1.47 bits per heavy atom. The Morgan fingerprint density at radius 3 is 2.89 bits per heavy atom. The molecule has 1 aromatic rings. The van der Waals surface area contributed by atoms with Crippen molar-refractivity contribution in [3.8, 4) is 0 Å². The van der Waals surface area contributed by atoms with Gasteiger partial charge in [-0.25, -0.2) is 0 Å². The number of rotatable bonds is 4. The van der Waals surface area contributed by atoms with Crippen LogP contribution in [0, 0.1) is 0 Å². The van der Waals surface area contributed by atoms with Gasteiger partial charge < -0.3 is 5.32 Å². The zero-order valence-electron chi connectivity index (χ0n) is 11.7. The summed E-state index contributed by atoms with van der Waals surface area (Å²) in [7, 11) is 2.02. The second-order valence-electron chi connectivity index (χ2n) is 4.96. The molecule has 0 aliphatic carbocycles. The second-order valence-corrected chi connectivity index (χ2v) is 5.81. The Balaban J connectivity index is 0.00000180. The van der Waals surface area contributed by atoms with Crippen molar-refractivity contribution in [1.29, 1.82) is 0 Å². The highest BCUT2D eigenvalue weighted by Crippen LogP contribution is 2.21. The number of halogens is 2. The van der Waals surface area contributed by atoms with E-state index in [2.05, 4.69) is 38.2 Å². The Labute approximate surface area is 130 Å². The van der Waals surface area contributed by atoms with Crippen LogP contribution in [0.4, 0.5) is 0 Å². The van der Waals surface area contributed by atoms with Gasteiger partial charge >= 0.3 is 0 Å². The maximum Gasteiger partial charge on any atom is 0.0663 e.